The minimum Gasteiger partial charge on any atom is -0.463 e. The number of rotatable bonds is 3. The van der Waals surface area contributed by atoms with Gasteiger partial charge in [-0.25, -0.2) is 4.79 Å². The minimum atomic E-state index is -0.516. The van der Waals surface area contributed by atoms with E-state index in [1.807, 2.05) is 27.7 Å². The van der Waals surface area contributed by atoms with Crippen molar-refractivity contribution in [3.63, 3.8) is 0 Å². The molecular weight excluding hydrogens is 184 g/mol. The van der Waals surface area contributed by atoms with Crippen molar-refractivity contribution in [2.45, 2.75) is 41.5 Å². The maximum absolute atomic E-state index is 10.4. The van der Waals surface area contributed by atoms with Gasteiger partial charge in [-0.15, -0.1) is 0 Å². The Morgan fingerprint density at radius 2 is 1.43 bits per heavy atom. The lowest BCUT2D eigenvalue weighted by Crippen LogP contribution is -2.14. The Bertz CT molecular complexity index is 132. The van der Waals surface area contributed by atoms with Crippen LogP contribution in [0.1, 0.15) is 41.5 Å². The number of carbonyl (C=O) groups is 2. The summed E-state index contributed by atoms with van der Waals surface area (Å²) in [6.45, 7) is 10.9. The second-order valence-corrected chi connectivity index (χ2v) is 1.59. The van der Waals surface area contributed by atoms with Gasteiger partial charge in [0.15, 0.2) is 6.61 Å². The summed E-state index contributed by atoms with van der Waals surface area (Å²) in [4.78, 5) is 20.6. The van der Waals surface area contributed by atoms with E-state index >= 15 is 0 Å². The van der Waals surface area contributed by atoms with Gasteiger partial charge in [0.1, 0.15) is 0 Å². The molecule has 86 valence electrons. The largest absolute Gasteiger partial charge is 0.463 e. The van der Waals surface area contributed by atoms with Gasteiger partial charge in [-0.1, -0.05) is 27.7 Å². The Labute approximate surface area is 86.6 Å². The van der Waals surface area contributed by atoms with E-state index in [0.29, 0.717) is 6.61 Å². The van der Waals surface area contributed by atoms with Crippen molar-refractivity contribution in [1.82, 2.24) is 0 Å². The molecule has 0 unspecified atom stereocenters. The first kappa shape index (κ1) is 18.7. The van der Waals surface area contributed by atoms with Crippen molar-refractivity contribution in [3.05, 3.63) is 0 Å². The van der Waals surface area contributed by atoms with Crippen LogP contribution >= 0.6 is 0 Å². The van der Waals surface area contributed by atoms with Gasteiger partial charge in [0.05, 0.1) is 6.61 Å². The van der Waals surface area contributed by atoms with Crippen molar-refractivity contribution in [2.24, 2.45) is 0 Å². The van der Waals surface area contributed by atoms with Crippen LogP contribution in [0.4, 0.5) is 0 Å². The maximum atomic E-state index is 10.4. The fraction of sp³-hybridized carbons (Fsp3) is 0.800. The highest BCUT2D eigenvalue weighted by molar-refractivity contribution is 5.75. The lowest BCUT2D eigenvalue weighted by Gasteiger charge is -2.00. The molecular formula is C10H22O4. The van der Waals surface area contributed by atoms with Gasteiger partial charge in [0, 0.05) is 6.92 Å². The molecule has 0 bridgehead atoms. The number of hydrogen-bond donors (Lipinski definition) is 0. The lowest BCUT2D eigenvalue weighted by atomic mass is 10.7. The van der Waals surface area contributed by atoms with Crippen LogP contribution < -0.4 is 0 Å². The molecule has 4 heteroatoms. The molecule has 0 rings (SSSR count). The van der Waals surface area contributed by atoms with E-state index in [0.717, 1.165) is 0 Å². The predicted molar refractivity (Wildman–Crippen MR) is 56.0 cm³/mol. The molecule has 14 heavy (non-hydrogen) atoms. The normalized spacial score (nSPS) is 7.00. The molecule has 0 aromatic carbocycles. The summed E-state index contributed by atoms with van der Waals surface area (Å²) < 4.78 is 8.82. The van der Waals surface area contributed by atoms with Gasteiger partial charge in [0.25, 0.3) is 0 Å². The van der Waals surface area contributed by atoms with Crippen LogP contribution in [0.5, 0.6) is 0 Å². The van der Waals surface area contributed by atoms with E-state index in [1.165, 1.54) is 6.92 Å². The van der Waals surface area contributed by atoms with Crippen LogP contribution in [-0.2, 0) is 19.1 Å². The minimum absolute atomic E-state index is 0.289. The standard InChI is InChI=1S/C6H10O4.2C2H6/c1-3-9-6(8)4-10-5(2)7;2*1-2/h3-4H2,1-2H3;2*1-2H3. The summed E-state index contributed by atoms with van der Waals surface area (Å²) in [5, 5.41) is 0. The van der Waals surface area contributed by atoms with Gasteiger partial charge in [-0.05, 0) is 6.92 Å². The van der Waals surface area contributed by atoms with E-state index < -0.39 is 11.9 Å². The van der Waals surface area contributed by atoms with E-state index in [-0.39, 0.29) is 6.61 Å². The molecule has 0 amide bonds. The molecule has 0 aliphatic heterocycles. The first-order valence-corrected chi connectivity index (χ1v) is 4.95. The fourth-order valence-electron chi connectivity index (χ4n) is 0.363. The number of ether oxygens (including phenoxy) is 2. The zero-order valence-corrected chi connectivity index (χ0v) is 10.0. The third-order valence-corrected chi connectivity index (χ3v) is 0.699. The molecule has 4 nitrogen and oxygen atoms in total. The summed E-state index contributed by atoms with van der Waals surface area (Å²) >= 11 is 0. The molecule has 0 aliphatic rings. The predicted octanol–water partition coefficient (Wildman–Crippen LogP) is 2.17. The summed E-state index contributed by atoms with van der Waals surface area (Å²) in [6.07, 6.45) is 0. The summed E-state index contributed by atoms with van der Waals surface area (Å²) in [7, 11) is 0. The first-order chi connectivity index (χ1) is 6.66. The monoisotopic (exact) mass is 206 g/mol. The highest BCUT2D eigenvalue weighted by Gasteiger charge is 2.02. The molecule has 0 N–H and O–H groups in total. The van der Waals surface area contributed by atoms with Crippen molar-refractivity contribution >= 4 is 11.9 Å². The van der Waals surface area contributed by atoms with Crippen molar-refractivity contribution in [1.29, 1.82) is 0 Å². The zero-order chi connectivity index (χ0) is 12.0. The number of hydrogen-bond acceptors (Lipinski definition) is 4. The van der Waals surface area contributed by atoms with Gasteiger partial charge < -0.3 is 9.47 Å². The van der Waals surface area contributed by atoms with Gasteiger partial charge in [-0.2, -0.15) is 0 Å². The van der Waals surface area contributed by atoms with E-state index in [9.17, 15) is 9.59 Å². The molecule has 0 atom stereocenters. The second kappa shape index (κ2) is 17.9. The van der Waals surface area contributed by atoms with Crippen molar-refractivity contribution < 1.29 is 19.1 Å². The Kier molecular flexibility index (Phi) is 23.8. The van der Waals surface area contributed by atoms with Crippen LogP contribution in [0.3, 0.4) is 0 Å². The molecule has 0 heterocycles. The summed E-state index contributed by atoms with van der Waals surface area (Å²) in [6, 6.07) is 0. The van der Waals surface area contributed by atoms with Gasteiger partial charge in [0.2, 0.25) is 0 Å². The van der Waals surface area contributed by atoms with Gasteiger partial charge >= 0.3 is 11.9 Å². The summed E-state index contributed by atoms with van der Waals surface area (Å²) in [5.41, 5.74) is 0. The average Bonchev–Trinajstić information content (AvgIpc) is 2.21. The molecule has 0 radical (unpaired) electrons. The van der Waals surface area contributed by atoms with Crippen molar-refractivity contribution in [3.8, 4) is 0 Å². The lowest BCUT2D eigenvalue weighted by molar-refractivity contribution is -0.157. The molecule has 0 spiro atoms. The highest BCUT2D eigenvalue weighted by atomic mass is 16.6. The Balaban J connectivity index is -0.000000266. The average molecular weight is 206 g/mol. The smallest absolute Gasteiger partial charge is 0.344 e. The Morgan fingerprint density at radius 3 is 1.71 bits per heavy atom. The van der Waals surface area contributed by atoms with Crippen molar-refractivity contribution in [2.75, 3.05) is 13.2 Å². The second-order valence-electron chi connectivity index (χ2n) is 1.59. The molecule has 0 aromatic heterocycles. The third kappa shape index (κ3) is 22.4. The third-order valence-electron chi connectivity index (χ3n) is 0.699. The van der Waals surface area contributed by atoms with Crippen LogP contribution in [0.15, 0.2) is 0 Å². The quantitative estimate of drug-likeness (QED) is 0.664. The fourth-order valence-corrected chi connectivity index (χ4v) is 0.363. The number of esters is 2. The van der Waals surface area contributed by atoms with E-state index in [1.54, 1.807) is 6.92 Å². The molecule has 0 saturated carbocycles. The van der Waals surface area contributed by atoms with Crippen LogP contribution in [0.25, 0.3) is 0 Å². The number of carbonyl (C=O) groups excluding carboxylic acids is 2. The van der Waals surface area contributed by atoms with E-state index in [2.05, 4.69) is 9.47 Å². The Morgan fingerprint density at radius 1 is 1.00 bits per heavy atom. The van der Waals surface area contributed by atoms with Crippen LogP contribution in [0.2, 0.25) is 0 Å². The molecule has 0 fully saturated rings. The Hall–Kier alpha value is -1.06. The highest BCUT2D eigenvalue weighted by Crippen LogP contribution is 1.81. The molecule has 0 aromatic rings. The topological polar surface area (TPSA) is 52.6 Å². The van der Waals surface area contributed by atoms with Gasteiger partial charge in [-0.3, -0.25) is 4.79 Å². The zero-order valence-electron chi connectivity index (χ0n) is 10.0. The SMILES string of the molecule is CC.CC.CCOC(=O)COC(C)=O. The van der Waals surface area contributed by atoms with E-state index in [4.69, 9.17) is 0 Å². The van der Waals surface area contributed by atoms with Crippen LogP contribution in [-0.4, -0.2) is 25.2 Å². The molecule has 0 saturated heterocycles. The summed E-state index contributed by atoms with van der Waals surface area (Å²) in [5.74, 6) is -0.995. The first-order valence-electron chi connectivity index (χ1n) is 4.95. The maximum Gasteiger partial charge on any atom is 0.344 e. The molecule has 0 aliphatic carbocycles. The van der Waals surface area contributed by atoms with Crippen LogP contribution in [0, 0.1) is 0 Å².